The van der Waals surface area contributed by atoms with E-state index in [1.165, 1.54) is 48.3 Å². The summed E-state index contributed by atoms with van der Waals surface area (Å²) in [5.41, 5.74) is 3.45. The molecule has 0 radical (unpaired) electrons. The van der Waals surface area contributed by atoms with Gasteiger partial charge in [0.25, 0.3) is 0 Å². The third-order valence-corrected chi connectivity index (χ3v) is 5.01. The van der Waals surface area contributed by atoms with Gasteiger partial charge in [-0.2, -0.15) is 5.10 Å². The van der Waals surface area contributed by atoms with Crippen LogP contribution in [0.25, 0.3) is 17.3 Å². The Kier molecular flexibility index (Phi) is 4.49. The van der Waals surface area contributed by atoms with Crippen molar-refractivity contribution in [3.63, 3.8) is 0 Å². The summed E-state index contributed by atoms with van der Waals surface area (Å²) in [5, 5.41) is 4.76. The summed E-state index contributed by atoms with van der Waals surface area (Å²) in [6.45, 7) is 3.87. The fraction of sp³-hybridized carbons (Fsp3) is 0.389. The first-order valence-corrected chi connectivity index (χ1v) is 8.90. The van der Waals surface area contributed by atoms with Crippen LogP contribution in [0.5, 0.6) is 0 Å². The number of benzene rings is 1. The molecule has 110 valence electrons. The zero-order valence-electron chi connectivity index (χ0n) is 12.6. The van der Waals surface area contributed by atoms with Gasteiger partial charge in [-0.05, 0) is 48.9 Å². The molecule has 1 aromatic carbocycles. The molecule has 1 fully saturated rings. The van der Waals surface area contributed by atoms with Crippen molar-refractivity contribution in [3.8, 4) is 11.3 Å². The van der Waals surface area contributed by atoms with Crippen LogP contribution in [0.1, 0.15) is 43.8 Å². The van der Waals surface area contributed by atoms with Crippen molar-refractivity contribution in [2.24, 2.45) is 0 Å². The second-order valence-electron chi connectivity index (χ2n) is 5.62. The predicted molar refractivity (Wildman–Crippen MR) is 91.7 cm³/mol. The van der Waals surface area contributed by atoms with E-state index in [4.69, 9.17) is 5.10 Å². The van der Waals surface area contributed by atoms with Crippen molar-refractivity contribution >= 4 is 17.8 Å². The van der Waals surface area contributed by atoms with Crippen LogP contribution in [0.4, 0.5) is 0 Å². The first-order chi connectivity index (χ1) is 10.3. The highest BCUT2D eigenvalue weighted by molar-refractivity contribution is 7.98. The smallest absolute Gasteiger partial charge is 0.0851 e. The maximum atomic E-state index is 4.76. The van der Waals surface area contributed by atoms with Gasteiger partial charge in [0.15, 0.2) is 0 Å². The Morgan fingerprint density at radius 1 is 1.19 bits per heavy atom. The van der Waals surface area contributed by atoms with Crippen LogP contribution in [-0.4, -0.2) is 16.0 Å². The molecule has 1 aliphatic rings. The van der Waals surface area contributed by atoms with Gasteiger partial charge in [-0.1, -0.05) is 38.0 Å². The number of rotatable bonds is 4. The van der Waals surface area contributed by atoms with Crippen LogP contribution >= 0.6 is 11.8 Å². The van der Waals surface area contributed by atoms with E-state index in [1.54, 1.807) is 11.8 Å². The van der Waals surface area contributed by atoms with Crippen LogP contribution < -0.4 is 0 Å². The summed E-state index contributed by atoms with van der Waals surface area (Å²) in [6.07, 6.45) is 10.4. The quantitative estimate of drug-likeness (QED) is 0.701. The number of hydrogen-bond donors (Lipinski definition) is 0. The summed E-state index contributed by atoms with van der Waals surface area (Å²) < 4.78 is 2.24. The van der Waals surface area contributed by atoms with E-state index >= 15 is 0 Å². The molecule has 0 unspecified atom stereocenters. The Morgan fingerprint density at radius 2 is 1.90 bits per heavy atom. The van der Waals surface area contributed by atoms with Gasteiger partial charge in [-0.25, -0.2) is 0 Å². The van der Waals surface area contributed by atoms with Gasteiger partial charge < -0.3 is 0 Å². The molecule has 1 aliphatic carbocycles. The molecular formula is C18H22N2S. The Labute approximate surface area is 131 Å². The monoisotopic (exact) mass is 298 g/mol. The van der Waals surface area contributed by atoms with Crippen molar-refractivity contribution in [3.05, 3.63) is 42.6 Å². The molecule has 2 aromatic rings. The lowest BCUT2D eigenvalue weighted by Gasteiger charge is -2.24. The molecule has 0 aliphatic heterocycles. The third-order valence-electron chi connectivity index (χ3n) is 4.27. The molecule has 1 heterocycles. The maximum Gasteiger partial charge on any atom is 0.0851 e. The fourth-order valence-corrected chi connectivity index (χ4v) is 3.50. The molecule has 3 heteroatoms. The fourth-order valence-electron chi connectivity index (χ4n) is 3.09. The topological polar surface area (TPSA) is 17.8 Å². The number of nitrogens with zero attached hydrogens (tertiary/aromatic N) is 2. The van der Waals surface area contributed by atoms with Crippen molar-refractivity contribution in [1.29, 1.82) is 0 Å². The molecule has 0 amide bonds. The number of aromatic nitrogens is 2. The molecule has 1 saturated carbocycles. The molecule has 0 spiro atoms. The molecule has 0 bridgehead atoms. The predicted octanol–water partition coefficient (Wildman–Crippen LogP) is 5.42. The molecule has 0 N–H and O–H groups in total. The Morgan fingerprint density at radius 3 is 2.52 bits per heavy atom. The minimum atomic E-state index is 0.544. The third kappa shape index (κ3) is 3.08. The van der Waals surface area contributed by atoms with E-state index in [-0.39, 0.29) is 0 Å². The van der Waals surface area contributed by atoms with Crippen LogP contribution in [-0.2, 0) is 0 Å². The highest BCUT2D eigenvalue weighted by atomic mass is 32.2. The average molecular weight is 298 g/mol. The molecule has 21 heavy (non-hydrogen) atoms. The van der Waals surface area contributed by atoms with Crippen molar-refractivity contribution in [2.45, 2.75) is 43.0 Å². The van der Waals surface area contributed by atoms with E-state index < -0.39 is 0 Å². The standard InChI is InChI=1S/C18H22N2S/c1-3-15-13-18(14-9-11-17(21-2)12-10-14)20(19-15)16-7-5-4-6-8-16/h3,9-13,16H,1,4-8H2,2H3. The van der Waals surface area contributed by atoms with E-state index in [9.17, 15) is 0 Å². The number of thioether (sulfide) groups is 1. The Hall–Kier alpha value is -1.48. The highest BCUT2D eigenvalue weighted by Crippen LogP contribution is 2.33. The molecule has 1 aromatic heterocycles. The van der Waals surface area contributed by atoms with Crippen molar-refractivity contribution in [1.82, 2.24) is 9.78 Å². The lowest BCUT2D eigenvalue weighted by atomic mass is 9.95. The van der Waals surface area contributed by atoms with Crippen molar-refractivity contribution in [2.75, 3.05) is 6.26 Å². The SMILES string of the molecule is C=Cc1cc(-c2ccc(SC)cc2)n(C2CCCCC2)n1. The first kappa shape index (κ1) is 14.5. The van der Waals surface area contributed by atoms with E-state index in [0.29, 0.717) is 6.04 Å². The van der Waals surface area contributed by atoms with E-state index in [0.717, 1.165) is 5.69 Å². The van der Waals surface area contributed by atoms with E-state index in [1.807, 2.05) is 6.08 Å². The number of hydrogen-bond acceptors (Lipinski definition) is 2. The van der Waals surface area contributed by atoms with Crippen LogP contribution in [0.3, 0.4) is 0 Å². The van der Waals surface area contributed by atoms with Gasteiger partial charge in [0.2, 0.25) is 0 Å². The summed E-state index contributed by atoms with van der Waals surface area (Å²) in [6, 6.07) is 11.5. The second-order valence-corrected chi connectivity index (χ2v) is 6.50. The molecular weight excluding hydrogens is 276 g/mol. The lowest BCUT2D eigenvalue weighted by Crippen LogP contribution is -2.15. The molecule has 3 rings (SSSR count). The van der Waals surface area contributed by atoms with Crippen LogP contribution in [0, 0.1) is 0 Å². The normalized spacial score (nSPS) is 16.0. The minimum Gasteiger partial charge on any atom is -0.261 e. The first-order valence-electron chi connectivity index (χ1n) is 7.68. The van der Waals surface area contributed by atoms with Gasteiger partial charge >= 0.3 is 0 Å². The van der Waals surface area contributed by atoms with Gasteiger partial charge in [0, 0.05) is 4.90 Å². The largest absolute Gasteiger partial charge is 0.261 e. The maximum absolute atomic E-state index is 4.76. The zero-order valence-corrected chi connectivity index (χ0v) is 13.4. The Balaban J connectivity index is 1.98. The summed E-state index contributed by atoms with van der Waals surface area (Å²) in [4.78, 5) is 1.30. The van der Waals surface area contributed by atoms with E-state index in [2.05, 4.69) is 47.8 Å². The minimum absolute atomic E-state index is 0.544. The Bertz CT molecular complexity index is 607. The molecule has 2 nitrogen and oxygen atoms in total. The highest BCUT2D eigenvalue weighted by Gasteiger charge is 2.20. The van der Waals surface area contributed by atoms with Crippen molar-refractivity contribution < 1.29 is 0 Å². The average Bonchev–Trinajstić information content (AvgIpc) is 3.00. The lowest BCUT2D eigenvalue weighted by molar-refractivity contribution is 0.332. The van der Waals surface area contributed by atoms with Gasteiger partial charge in [-0.15, -0.1) is 11.8 Å². The van der Waals surface area contributed by atoms with Gasteiger partial charge in [0.05, 0.1) is 17.4 Å². The van der Waals surface area contributed by atoms with Crippen LogP contribution in [0.2, 0.25) is 0 Å². The summed E-state index contributed by atoms with van der Waals surface area (Å²) in [7, 11) is 0. The summed E-state index contributed by atoms with van der Waals surface area (Å²) in [5.74, 6) is 0. The summed E-state index contributed by atoms with van der Waals surface area (Å²) >= 11 is 1.78. The molecule has 0 saturated heterocycles. The zero-order chi connectivity index (χ0) is 14.7. The van der Waals surface area contributed by atoms with Gasteiger partial charge in [-0.3, -0.25) is 4.68 Å². The van der Waals surface area contributed by atoms with Gasteiger partial charge in [0.1, 0.15) is 0 Å². The van der Waals surface area contributed by atoms with Crippen LogP contribution in [0.15, 0.2) is 41.8 Å². The molecule has 0 atom stereocenters. The second kappa shape index (κ2) is 6.52.